The van der Waals surface area contributed by atoms with Crippen molar-refractivity contribution in [3.63, 3.8) is 0 Å². The lowest BCUT2D eigenvalue weighted by atomic mass is 9.70. The monoisotopic (exact) mass is 536 g/mol. The van der Waals surface area contributed by atoms with Crippen LogP contribution in [-0.4, -0.2) is 24.5 Å². The molecule has 0 aliphatic heterocycles. The molecule has 196 valence electrons. The fourth-order valence-corrected chi connectivity index (χ4v) is 9.16. The molecule has 3 aromatic carbocycles. The first kappa shape index (κ1) is 27.6. The highest BCUT2D eigenvalue weighted by atomic mass is 32.2. The highest BCUT2D eigenvalue weighted by molar-refractivity contribution is 7.97. The van der Waals surface area contributed by atoms with Gasteiger partial charge in [-0.2, -0.15) is 0 Å². The fourth-order valence-electron chi connectivity index (χ4n) is 5.84. The number of ketones is 1. The third-order valence-corrected chi connectivity index (χ3v) is 11.4. The molecular weight excluding hydrogens is 500 g/mol. The van der Waals surface area contributed by atoms with Crippen molar-refractivity contribution in [1.29, 1.82) is 0 Å². The van der Waals surface area contributed by atoms with E-state index in [0.29, 0.717) is 12.8 Å². The van der Waals surface area contributed by atoms with E-state index in [-0.39, 0.29) is 28.0 Å². The Balaban J connectivity index is 0.000000186. The van der Waals surface area contributed by atoms with Crippen molar-refractivity contribution in [1.82, 2.24) is 0 Å². The first-order valence-corrected chi connectivity index (χ1v) is 15.5. The van der Waals surface area contributed by atoms with Gasteiger partial charge in [0.2, 0.25) is 0 Å². The molecule has 2 aliphatic carbocycles. The summed E-state index contributed by atoms with van der Waals surface area (Å²) in [5.74, 6) is -0.280. The lowest BCUT2D eigenvalue weighted by Gasteiger charge is -2.37. The Labute approximate surface area is 224 Å². The summed E-state index contributed by atoms with van der Waals surface area (Å²) in [6, 6.07) is 26.8. The number of carbonyl (C=O) groups excluding carboxylic acids is 1. The van der Waals surface area contributed by atoms with Crippen LogP contribution in [0.25, 0.3) is 0 Å². The number of Topliss-reactive ketones (excluding diaryl/α,β-unsaturated/α-hetero) is 1. The van der Waals surface area contributed by atoms with Crippen molar-refractivity contribution >= 4 is 26.8 Å². The normalized spacial score (nSPS) is 22.1. The molecule has 4 nitrogen and oxygen atoms in total. The summed E-state index contributed by atoms with van der Waals surface area (Å²) in [4.78, 5) is 16.0. The van der Waals surface area contributed by atoms with Gasteiger partial charge >= 0.3 is 0 Å². The van der Waals surface area contributed by atoms with Crippen molar-refractivity contribution in [3.05, 3.63) is 89.5 Å². The lowest BCUT2D eigenvalue weighted by molar-refractivity contribution is -0.128. The summed E-state index contributed by atoms with van der Waals surface area (Å²) in [6.07, 6.45) is 1.88. The molecule has 2 atom stereocenters. The number of carbonyl (C=O) groups is 1. The van der Waals surface area contributed by atoms with Crippen molar-refractivity contribution < 1.29 is 17.8 Å². The lowest BCUT2D eigenvalue weighted by Crippen LogP contribution is -2.42. The van der Waals surface area contributed by atoms with E-state index in [9.17, 15) is 17.8 Å². The van der Waals surface area contributed by atoms with E-state index < -0.39 is 21.3 Å². The molecule has 0 spiro atoms. The Kier molecular flexibility index (Phi) is 7.76. The van der Waals surface area contributed by atoms with Gasteiger partial charge in [0, 0.05) is 11.8 Å². The van der Waals surface area contributed by atoms with Gasteiger partial charge in [0.15, 0.2) is 14.7 Å². The molecule has 0 N–H and O–H groups in total. The molecule has 0 amide bonds. The van der Waals surface area contributed by atoms with E-state index >= 15 is 0 Å². The molecule has 2 bridgehead atoms. The Morgan fingerprint density at radius 2 is 1.16 bits per heavy atom. The SMILES string of the molecule is CC1(C)C2CCC1(CS(=O)(=O)[O-])C(=O)C2.Cc1ccc([S+](c2ccc(C)cc2)c2ccc(C)cc2)cc1. The molecule has 2 saturated carbocycles. The maximum Gasteiger partial charge on any atom is 0.166 e. The number of hydrogen-bond donors (Lipinski definition) is 0. The minimum atomic E-state index is -4.33. The summed E-state index contributed by atoms with van der Waals surface area (Å²) in [5, 5.41) is 0. The molecule has 2 fully saturated rings. The zero-order valence-electron chi connectivity index (χ0n) is 22.3. The van der Waals surface area contributed by atoms with Crippen molar-refractivity contribution in [2.45, 2.75) is 68.6 Å². The highest BCUT2D eigenvalue weighted by Gasteiger charge is 2.64. The summed E-state index contributed by atoms with van der Waals surface area (Å²) in [7, 11) is -4.37. The predicted molar refractivity (Wildman–Crippen MR) is 149 cm³/mol. The van der Waals surface area contributed by atoms with E-state index in [1.807, 2.05) is 13.8 Å². The zero-order chi connectivity index (χ0) is 27.0. The summed E-state index contributed by atoms with van der Waals surface area (Å²) in [6.45, 7) is 10.3. The number of rotatable bonds is 5. The van der Waals surface area contributed by atoms with Crippen LogP contribution in [0.3, 0.4) is 0 Å². The van der Waals surface area contributed by atoms with Gasteiger partial charge in [-0.15, -0.1) is 0 Å². The molecule has 37 heavy (non-hydrogen) atoms. The smallest absolute Gasteiger partial charge is 0.166 e. The van der Waals surface area contributed by atoms with Crippen LogP contribution in [0.5, 0.6) is 0 Å². The van der Waals surface area contributed by atoms with E-state index in [4.69, 9.17) is 0 Å². The van der Waals surface area contributed by atoms with Crippen LogP contribution in [0, 0.1) is 37.5 Å². The Morgan fingerprint density at radius 1 is 0.784 bits per heavy atom. The quantitative estimate of drug-likeness (QED) is 0.271. The summed E-state index contributed by atoms with van der Waals surface area (Å²) >= 11 is 0. The van der Waals surface area contributed by atoms with Crippen LogP contribution in [-0.2, 0) is 25.8 Å². The van der Waals surface area contributed by atoms with Gasteiger partial charge in [0.25, 0.3) is 0 Å². The second-order valence-corrected chi connectivity index (χ2v) is 14.5. The summed E-state index contributed by atoms with van der Waals surface area (Å²) < 4.78 is 32.7. The molecule has 0 radical (unpaired) electrons. The average molecular weight is 537 g/mol. The molecule has 0 heterocycles. The van der Waals surface area contributed by atoms with Crippen molar-refractivity contribution in [2.24, 2.45) is 16.7 Å². The molecule has 5 rings (SSSR count). The van der Waals surface area contributed by atoms with Gasteiger partial charge in [0.1, 0.15) is 5.78 Å². The minimum Gasteiger partial charge on any atom is -0.748 e. The second-order valence-electron chi connectivity index (χ2n) is 11.1. The minimum absolute atomic E-state index is 0.0248. The maximum atomic E-state index is 11.8. The third-order valence-electron chi connectivity index (χ3n) is 8.33. The van der Waals surface area contributed by atoms with Crippen LogP contribution in [0.15, 0.2) is 87.5 Å². The molecule has 0 saturated heterocycles. The van der Waals surface area contributed by atoms with Gasteiger partial charge in [-0.05, 0) is 81.3 Å². The number of benzene rings is 3. The Morgan fingerprint density at radius 3 is 1.43 bits per heavy atom. The molecule has 0 aromatic heterocycles. The van der Waals surface area contributed by atoms with Crippen molar-refractivity contribution in [3.8, 4) is 0 Å². The first-order chi connectivity index (χ1) is 17.3. The van der Waals surface area contributed by atoms with Crippen molar-refractivity contribution in [2.75, 3.05) is 5.75 Å². The Hall–Kier alpha value is -2.41. The molecule has 2 unspecified atom stereocenters. The van der Waals surface area contributed by atoms with E-state index in [0.717, 1.165) is 6.42 Å². The van der Waals surface area contributed by atoms with E-state index in [1.54, 1.807) is 0 Å². The summed E-state index contributed by atoms with van der Waals surface area (Å²) in [5.41, 5.74) is 2.69. The number of fused-ring (bicyclic) bond motifs is 2. The number of hydrogen-bond acceptors (Lipinski definition) is 4. The zero-order valence-corrected chi connectivity index (χ0v) is 23.9. The van der Waals surface area contributed by atoms with Crippen LogP contribution >= 0.6 is 0 Å². The van der Waals surface area contributed by atoms with Crippen LogP contribution in [0.4, 0.5) is 0 Å². The molecular formula is C31H36O4S2. The fraction of sp³-hybridized carbons (Fsp3) is 0.387. The highest BCUT2D eigenvalue weighted by Crippen LogP contribution is 2.64. The van der Waals surface area contributed by atoms with Crippen LogP contribution in [0.1, 0.15) is 49.8 Å². The third kappa shape index (κ3) is 5.71. The van der Waals surface area contributed by atoms with E-state index in [1.165, 1.54) is 31.4 Å². The second kappa shape index (κ2) is 10.4. The number of aryl methyl sites for hydroxylation is 3. The largest absolute Gasteiger partial charge is 0.748 e. The van der Waals surface area contributed by atoms with Gasteiger partial charge in [0.05, 0.1) is 26.8 Å². The maximum absolute atomic E-state index is 11.8. The Bertz CT molecular complexity index is 1250. The van der Waals surface area contributed by atoms with Gasteiger partial charge < -0.3 is 4.55 Å². The molecule has 2 aliphatic rings. The van der Waals surface area contributed by atoms with E-state index in [2.05, 4.69) is 93.6 Å². The molecule has 6 heteroatoms. The predicted octanol–water partition coefficient (Wildman–Crippen LogP) is 6.63. The molecule has 3 aromatic rings. The van der Waals surface area contributed by atoms with Crippen LogP contribution in [0.2, 0.25) is 0 Å². The average Bonchev–Trinajstić information content (AvgIpc) is 3.16. The van der Waals surface area contributed by atoms with Gasteiger partial charge in [-0.3, -0.25) is 4.79 Å². The topological polar surface area (TPSA) is 74.3 Å². The van der Waals surface area contributed by atoms with Gasteiger partial charge in [-0.25, -0.2) is 8.42 Å². The van der Waals surface area contributed by atoms with Crippen LogP contribution < -0.4 is 0 Å². The van der Waals surface area contributed by atoms with Gasteiger partial charge in [-0.1, -0.05) is 66.9 Å². The standard InChI is InChI=1S/C21H21S.C10H16O4S/c1-16-4-10-19(11-5-16)22(20-12-6-17(2)7-13-20)21-14-8-18(3)9-15-21;1-9(2)7-3-4-10(9,8(11)5-7)6-15(12,13)14/h4-15H,1-3H3;7H,3-6H2,1-2H3,(H,12,13,14)/q+1;/p-1. The first-order valence-electron chi connectivity index (χ1n) is 12.7.